The first-order valence-electron chi connectivity index (χ1n) is 4.30. The molecule has 1 aromatic rings. The fourth-order valence-corrected chi connectivity index (χ4v) is 2.18. The first kappa shape index (κ1) is 8.77. The highest BCUT2D eigenvalue weighted by atomic mass is 32.1. The molecule has 0 radical (unpaired) electrons. The summed E-state index contributed by atoms with van der Waals surface area (Å²) in [4.78, 5) is 15.4. The number of aromatic nitrogens is 2. The number of nitrogens with one attached hydrogen (secondary N) is 1. The van der Waals surface area contributed by atoms with Crippen LogP contribution in [-0.4, -0.2) is 21.2 Å². The van der Waals surface area contributed by atoms with Crippen LogP contribution in [0.5, 0.6) is 0 Å². The average Bonchev–Trinajstić information content (AvgIpc) is 2.53. The van der Waals surface area contributed by atoms with Crippen LogP contribution in [0.2, 0.25) is 0 Å². The van der Waals surface area contributed by atoms with Gasteiger partial charge in [0.05, 0.1) is 6.04 Å². The van der Waals surface area contributed by atoms with Crippen molar-refractivity contribution in [2.45, 2.75) is 31.8 Å². The van der Waals surface area contributed by atoms with Gasteiger partial charge in [-0.2, -0.15) is 4.37 Å². The summed E-state index contributed by atoms with van der Waals surface area (Å²) < 4.78 is 3.93. The average molecular weight is 197 g/mol. The number of hydrogen-bond acceptors (Lipinski definition) is 5. The molecule has 0 bridgehead atoms. The molecule has 2 heterocycles. The second-order valence-corrected chi connectivity index (χ2v) is 4.16. The van der Waals surface area contributed by atoms with Gasteiger partial charge in [0.25, 0.3) is 0 Å². The fraction of sp³-hybridized carbons (Fsp3) is 0.625. The molecule has 1 N–H and O–H groups in total. The minimum Gasteiger partial charge on any atom is -0.305 e. The van der Waals surface area contributed by atoms with E-state index >= 15 is 0 Å². The molecular formula is C8H11N3OS. The SMILES string of the molecule is CC1CC(=O)CC(c2ncns2)N1. The largest absolute Gasteiger partial charge is 0.305 e. The molecule has 13 heavy (non-hydrogen) atoms. The van der Waals surface area contributed by atoms with E-state index in [1.807, 2.05) is 6.92 Å². The Labute approximate surface area is 80.5 Å². The Morgan fingerprint density at radius 3 is 3.08 bits per heavy atom. The molecule has 1 saturated heterocycles. The lowest BCUT2D eigenvalue weighted by Crippen LogP contribution is -2.38. The third kappa shape index (κ3) is 1.92. The van der Waals surface area contributed by atoms with E-state index in [1.165, 1.54) is 17.9 Å². The third-order valence-corrected chi connectivity index (χ3v) is 2.90. The van der Waals surface area contributed by atoms with Crippen molar-refractivity contribution in [3.05, 3.63) is 11.3 Å². The van der Waals surface area contributed by atoms with Crippen molar-refractivity contribution in [3.63, 3.8) is 0 Å². The maximum absolute atomic E-state index is 11.3. The van der Waals surface area contributed by atoms with Crippen LogP contribution < -0.4 is 5.32 Å². The zero-order valence-corrected chi connectivity index (χ0v) is 8.17. The zero-order valence-electron chi connectivity index (χ0n) is 7.36. The summed E-state index contributed by atoms with van der Waals surface area (Å²) in [5.74, 6) is 0.312. The molecule has 2 rings (SSSR count). The molecule has 1 aliphatic heterocycles. The quantitative estimate of drug-likeness (QED) is 0.727. The van der Waals surface area contributed by atoms with E-state index in [0.29, 0.717) is 18.6 Å². The molecule has 2 unspecified atom stereocenters. The minimum atomic E-state index is 0.0868. The predicted octanol–water partition coefficient (Wildman–Crippen LogP) is 0.920. The van der Waals surface area contributed by atoms with Crippen molar-refractivity contribution < 1.29 is 4.79 Å². The maximum atomic E-state index is 11.3. The fourth-order valence-electron chi connectivity index (χ4n) is 1.61. The van der Waals surface area contributed by atoms with Gasteiger partial charge < -0.3 is 5.32 Å². The van der Waals surface area contributed by atoms with Gasteiger partial charge in [-0.05, 0) is 18.5 Å². The topological polar surface area (TPSA) is 54.9 Å². The van der Waals surface area contributed by atoms with E-state index in [9.17, 15) is 4.79 Å². The molecule has 1 fully saturated rings. The number of ketones is 1. The number of piperidine rings is 1. The lowest BCUT2D eigenvalue weighted by Gasteiger charge is -2.25. The molecule has 0 amide bonds. The summed E-state index contributed by atoms with van der Waals surface area (Å²) in [6.45, 7) is 2.02. The molecule has 0 aromatic carbocycles. The number of hydrogen-bond donors (Lipinski definition) is 1. The highest BCUT2D eigenvalue weighted by Gasteiger charge is 2.26. The summed E-state index contributed by atoms with van der Waals surface area (Å²) in [7, 11) is 0. The summed E-state index contributed by atoms with van der Waals surface area (Å²) in [5, 5.41) is 4.25. The van der Waals surface area contributed by atoms with E-state index in [2.05, 4.69) is 14.7 Å². The molecule has 1 aromatic heterocycles. The number of carbonyl (C=O) groups excluding carboxylic acids is 1. The molecule has 0 saturated carbocycles. The van der Waals surface area contributed by atoms with Gasteiger partial charge in [0.2, 0.25) is 0 Å². The van der Waals surface area contributed by atoms with Crippen LogP contribution in [0.25, 0.3) is 0 Å². The van der Waals surface area contributed by atoms with Gasteiger partial charge in [0.1, 0.15) is 17.1 Å². The molecule has 5 heteroatoms. The van der Waals surface area contributed by atoms with Gasteiger partial charge in [0.15, 0.2) is 0 Å². The number of carbonyl (C=O) groups is 1. The summed E-state index contributed by atoms with van der Waals surface area (Å²) in [5.41, 5.74) is 0. The number of Topliss-reactive ketones (excluding diaryl/α,β-unsaturated/α-hetero) is 1. The van der Waals surface area contributed by atoms with Crippen molar-refractivity contribution in [2.24, 2.45) is 0 Å². The van der Waals surface area contributed by atoms with Gasteiger partial charge in [-0.1, -0.05) is 0 Å². The highest BCUT2D eigenvalue weighted by Crippen LogP contribution is 2.23. The van der Waals surface area contributed by atoms with Crippen LogP contribution in [0, 0.1) is 0 Å². The summed E-state index contributed by atoms with van der Waals surface area (Å²) in [6, 6.07) is 0.346. The van der Waals surface area contributed by atoms with Gasteiger partial charge in [-0.3, -0.25) is 4.79 Å². The third-order valence-electron chi connectivity index (χ3n) is 2.13. The van der Waals surface area contributed by atoms with E-state index in [0.717, 1.165) is 5.01 Å². The van der Waals surface area contributed by atoms with E-state index in [-0.39, 0.29) is 12.1 Å². The standard InChI is InChI=1S/C8H11N3OS/c1-5-2-6(12)3-7(11-5)8-9-4-10-13-8/h4-5,7,11H,2-3H2,1H3. The molecule has 70 valence electrons. The highest BCUT2D eigenvalue weighted by molar-refractivity contribution is 7.05. The van der Waals surface area contributed by atoms with Crippen LogP contribution in [0.1, 0.15) is 30.8 Å². The summed E-state index contributed by atoms with van der Waals surface area (Å²) in [6.07, 6.45) is 2.72. The van der Waals surface area contributed by atoms with Crippen LogP contribution >= 0.6 is 11.5 Å². The lowest BCUT2D eigenvalue weighted by atomic mass is 9.99. The Kier molecular flexibility index (Phi) is 2.37. The zero-order chi connectivity index (χ0) is 9.26. The Morgan fingerprint density at radius 1 is 1.62 bits per heavy atom. The van der Waals surface area contributed by atoms with Crippen molar-refractivity contribution in [1.29, 1.82) is 0 Å². The lowest BCUT2D eigenvalue weighted by molar-refractivity contribution is -0.121. The van der Waals surface area contributed by atoms with Crippen molar-refractivity contribution in [1.82, 2.24) is 14.7 Å². The Balaban J connectivity index is 2.12. The molecule has 4 nitrogen and oxygen atoms in total. The Bertz CT molecular complexity index is 298. The Hall–Kier alpha value is -0.810. The summed E-state index contributed by atoms with van der Waals surface area (Å²) >= 11 is 1.36. The minimum absolute atomic E-state index is 0.0868. The van der Waals surface area contributed by atoms with Crippen LogP contribution in [0.15, 0.2) is 6.33 Å². The van der Waals surface area contributed by atoms with Gasteiger partial charge in [0, 0.05) is 18.9 Å². The van der Waals surface area contributed by atoms with E-state index < -0.39 is 0 Å². The molecule has 0 spiro atoms. The van der Waals surface area contributed by atoms with E-state index in [4.69, 9.17) is 0 Å². The predicted molar refractivity (Wildman–Crippen MR) is 49.5 cm³/mol. The van der Waals surface area contributed by atoms with E-state index in [1.54, 1.807) is 0 Å². The van der Waals surface area contributed by atoms with Crippen LogP contribution in [0.3, 0.4) is 0 Å². The smallest absolute Gasteiger partial charge is 0.136 e. The van der Waals surface area contributed by atoms with Crippen LogP contribution in [-0.2, 0) is 4.79 Å². The maximum Gasteiger partial charge on any atom is 0.136 e. The molecule has 0 aliphatic carbocycles. The monoisotopic (exact) mass is 197 g/mol. The van der Waals surface area contributed by atoms with Gasteiger partial charge >= 0.3 is 0 Å². The van der Waals surface area contributed by atoms with Crippen molar-refractivity contribution in [3.8, 4) is 0 Å². The normalized spacial score (nSPS) is 29.2. The first-order chi connectivity index (χ1) is 6.25. The number of rotatable bonds is 1. The number of nitrogens with zero attached hydrogens (tertiary/aromatic N) is 2. The second-order valence-electron chi connectivity index (χ2n) is 3.35. The first-order valence-corrected chi connectivity index (χ1v) is 5.07. The van der Waals surface area contributed by atoms with Gasteiger partial charge in [-0.15, -0.1) is 0 Å². The van der Waals surface area contributed by atoms with Crippen molar-refractivity contribution >= 4 is 17.3 Å². The Morgan fingerprint density at radius 2 is 2.46 bits per heavy atom. The van der Waals surface area contributed by atoms with Gasteiger partial charge in [-0.25, -0.2) is 4.98 Å². The second kappa shape index (κ2) is 3.51. The molecular weight excluding hydrogens is 186 g/mol. The molecule has 2 atom stereocenters. The van der Waals surface area contributed by atoms with Crippen molar-refractivity contribution in [2.75, 3.05) is 0 Å². The molecule has 1 aliphatic rings. The van der Waals surface area contributed by atoms with Crippen LogP contribution in [0.4, 0.5) is 0 Å².